The van der Waals surface area contributed by atoms with Crippen LogP contribution in [-0.2, 0) is 51.7 Å². The summed E-state index contributed by atoms with van der Waals surface area (Å²) >= 11 is 0. The van der Waals surface area contributed by atoms with Gasteiger partial charge in [-0.3, -0.25) is 19.2 Å². The second kappa shape index (κ2) is 23.1. The third kappa shape index (κ3) is 10.7. The molecule has 1 aliphatic heterocycles. The van der Waals surface area contributed by atoms with Crippen LogP contribution in [0.3, 0.4) is 0 Å². The van der Waals surface area contributed by atoms with Gasteiger partial charge in [-0.05, 0) is 91.1 Å². The zero-order valence-electron chi connectivity index (χ0n) is 46.7. The average Bonchev–Trinajstić information content (AvgIpc) is 3.59. The number of aliphatic hydroxyl groups is 1. The quantitative estimate of drug-likeness (QED) is 0.0469. The molecule has 3 aliphatic carbocycles. The van der Waals surface area contributed by atoms with Crippen LogP contribution in [0.15, 0.2) is 96.1 Å². The van der Waals surface area contributed by atoms with E-state index in [-0.39, 0.29) is 24.2 Å². The molecule has 1 heterocycles. The van der Waals surface area contributed by atoms with Crippen LogP contribution >= 0.6 is 0 Å². The molecular formula is C59H78FNO14Si2. The summed E-state index contributed by atoms with van der Waals surface area (Å²) in [5.74, 6) is -7.36. The molecule has 418 valence electrons. The second-order valence-electron chi connectivity index (χ2n) is 22.1. The van der Waals surface area contributed by atoms with Gasteiger partial charge in [0.15, 0.2) is 40.2 Å². The molecule has 2 saturated carbocycles. The van der Waals surface area contributed by atoms with Crippen LogP contribution in [0.25, 0.3) is 0 Å². The van der Waals surface area contributed by atoms with E-state index in [9.17, 15) is 24.3 Å². The minimum atomic E-state index is -2.79. The van der Waals surface area contributed by atoms with Crippen LogP contribution in [0.5, 0.6) is 0 Å². The maximum atomic E-state index is 16.6. The third-order valence-corrected chi connectivity index (χ3v) is 27.4. The molecule has 2 N–H and O–H groups in total. The number of benzene rings is 3. The number of ketones is 1. The van der Waals surface area contributed by atoms with Gasteiger partial charge in [0, 0.05) is 37.7 Å². The Labute approximate surface area is 454 Å². The molecule has 2 bridgehead atoms. The summed E-state index contributed by atoms with van der Waals surface area (Å²) < 4.78 is 62.6. The van der Waals surface area contributed by atoms with Crippen LogP contribution < -0.4 is 5.32 Å². The number of ether oxygens (including phenoxy) is 5. The molecular weight excluding hydrogens is 1020 g/mol. The summed E-state index contributed by atoms with van der Waals surface area (Å²) in [6, 6.07) is 25.3. The van der Waals surface area contributed by atoms with E-state index in [0.717, 1.165) is 13.0 Å². The van der Waals surface area contributed by atoms with E-state index < -0.39 is 141 Å². The lowest BCUT2D eigenvalue weighted by Gasteiger charge is -2.68. The van der Waals surface area contributed by atoms with Crippen molar-refractivity contribution in [3.05, 3.63) is 119 Å². The first kappa shape index (κ1) is 59.3. The van der Waals surface area contributed by atoms with Gasteiger partial charge in [0.25, 0.3) is 5.91 Å². The zero-order valence-corrected chi connectivity index (χ0v) is 48.7. The number of fused-ring (bicyclic) bond motifs is 5. The van der Waals surface area contributed by atoms with Crippen LogP contribution in [-0.4, -0.2) is 112 Å². The Balaban J connectivity index is 1.50. The van der Waals surface area contributed by atoms with Gasteiger partial charge < -0.3 is 43.0 Å². The van der Waals surface area contributed by atoms with E-state index in [1.54, 1.807) is 82.3 Å². The maximum Gasteiger partial charge on any atom is 0.341 e. The Hall–Kier alpha value is -5.38. The van der Waals surface area contributed by atoms with Gasteiger partial charge in [-0.2, -0.15) is 0 Å². The number of hydrogen-bond acceptors (Lipinski definition) is 14. The highest BCUT2D eigenvalue weighted by Crippen LogP contribution is 2.65. The lowest BCUT2D eigenvalue weighted by Crippen LogP contribution is -2.82. The number of carbonyl (C=O) groups is 6. The first-order chi connectivity index (χ1) is 36.4. The number of hydrogen-bond donors (Lipinski definition) is 2. The number of Topliss-reactive ketones (excluding diaryl/α,β-unsaturated/α-hetero) is 1. The largest absolute Gasteiger partial charge is 0.456 e. The van der Waals surface area contributed by atoms with Gasteiger partial charge in [-0.25, -0.2) is 14.0 Å². The standard InChI is InChI=1S/C59H78FNO14Si2/c1-13-76(14-2,15-3)74-44-33-45-58(35-69-45,73-38(9)63)50-52(72-54(66)41-31-25-26-32-42(41)60)59(68)34-43(36(7)46(56(59,10)11)48(70-37(8)62)51(64)57(44,50)12)71-55(67)49(75-77(16-4,17-5)18-6)47(39-27-21-19-22-28-39)61-53(65)40-29-23-20-24-30-40/h19-32,43-45,47-50,52,68H,13-18,33-35H2,1-12H3,(H,61,65)/t43-,44-,45+,47-,48+,49+,50-,52-,57+,58-,59+/m0/s1. The fourth-order valence-corrected chi connectivity index (χ4v) is 18.8. The van der Waals surface area contributed by atoms with Crippen LogP contribution in [0.1, 0.15) is 128 Å². The minimum Gasteiger partial charge on any atom is -0.456 e. The molecule has 77 heavy (non-hydrogen) atoms. The van der Waals surface area contributed by atoms with Crippen LogP contribution in [0.2, 0.25) is 36.3 Å². The predicted molar refractivity (Wildman–Crippen MR) is 290 cm³/mol. The fourth-order valence-electron chi connectivity index (χ4n) is 13.1. The number of esters is 4. The Morgan fingerprint density at radius 3 is 1.88 bits per heavy atom. The second-order valence-corrected chi connectivity index (χ2v) is 31.6. The average molecular weight is 1100 g/mol. The Bertz CT molecular complexity index is 2700. The first-order valence-corrected chi connectivity index (χ1v) is 32.4. The lowest BCUT2D eigenvalue weighted by atomic mass is 9.44. The molecule has 15 nitrogen and oxygen atoms in total. The number of rotatable bonds is 20. The molecule has 1 amide bonds. The maximum absolute atomic E-state index is 16.6. The molecule has 0 aromatic heterocycles. The number of nitrogens with one attached hydrogen (secondary N) is 1. The van der Waals surface area contributed by atoms with Crippen molar-refractivity contribution in [3.8, 4) is 0 Å². The van der Waals surface area contributed by atoms with Gasteiger partial charge in [0.1, 0.15) is 29.7 Å². The van der Waals surface area contributed by atoms with Gasteiger partial charge >= 0.3 is 23.9 Å². The van der Waals surface area contributed by atoms with Crippen LogP contribution in [0, 0.1) is 22.6 Å². The normalized spacial score (nSPS) is 28.5. The number of halogens is 1. The molecule has 1 saturated heterocycles. The van der Waals surface area contributed by atoms with Crippen molar-refractivity contribution in [3.63, 3.8) is 0 Å². The van der Waals surface area contributed by atoms with Crippen molar-refractivity contribution < 1.29 is 70.8 Å². The predicted octanol–water partition coefficient (Wildman–Crippen LogP) is 9.93. The summed E-state index contributed by atoms with van der Waals surface area (Å²) in [6.45, 7) is 20.7. The van der Waals surface area contributed by atoms with Gasteiger partial charge in [0.05, 0.1) is 35.6 Å². The van der Waals surface area contributed by atoms with Crippen molar-refractivity contribution in [2.45, 2.75) is 186 Å². The summed E-state index contributed by atoms with van der Waals surface area (Å²) in [5.41, 5.74) is -7.15. The van der Waals surface area contributed by atoms with Crippen molar-refractivity contribution in [1.82, 2.24) is 5.32 Å². The number of amides is 1. The summed E-state index contributed by atoms with van der Waals surface area (Å²) in [7, 11) is -5.49. The number of carbonyl (C=O) groups excluding carboxylic acids is 6. The van der Waals surface area contributed by atoms with Crippen molar-refractivity contribution in [2.75, 3.05) is 6.61 Å². The van der Waals surface area contributed by atoms with Crippen molar-refractivity contribution >= 4 is 52.2 Å². The van der Waals surface area contributed by atoms with Crippen molar-refractivity contribution in [1.29, 1.82) is 0 Å². The van der Waals surface area contributed by atoms with E-state index in [1.165, 1.54) is 25.1 Å². The zero-order chi connectivity index (χ0) is 56.5. The highest BCUT2D eigenvalue weighted by atomic mass is 28.4. The van der Waals surface area contributed by atoms with Gasteiger partial charge in [-0.15, -0.1) is 0 Å². The van der Waals surface area contributed by atoms with E-state index in [4.69, 9.17) is 32.5 Å². The fraction of sp³-hybridized carbons (Fsp3) is 0.559. The van der Waals surface area contributed by atoms with E-state index >= 15 is 14.0 Å². The molecule has 0 spiro atoms. The smallest absolute Gasteiger partial charge is 0.341 e. The summed E-state index contributed by atoms with van der Waals surface area (Å²) in [4.78, 5) is 88.6. The Kier molecular flexibility index (Phi) is 17.8. The Morgan fingerprint density at radius 2 is 1.35 bits per heavy atom. The molecule has 0 radical (unpaired) electrons. The van der Waals surface area contributed by atoms with E-state index in [2.05, 4.69) is 5.32 Å². The monoisotopic (exact) mass is 1100 g/mol. The molecule has 4 aliphatic rings. The SMILES string of the molecule is CC[Si](CC)(CC)O[C@H]1C[C@H]2OC[C@@]2(OC(C)=O)[C@H]2[C@H](OC(=O)c3ccccc3F)[C@]3(O)C[C@H](OC(=O)[C@H](O[Si](CC)(CC)CC)[C@@H](NC(=O)c4ccccc4)c4ccccc4)C(C)=C([C@@H](OC(C)=O)C(=O)[C@]12C)C3(C)C. The molecule has 3 aromatic rings. The summed E-state index contributed by atoms with van der Waals surface area (Å²) in [6.07, 6.45) is -9.12. The topological polar surface area (TPSA) is 199 Å². The van der Waals surface area contributed by atoms with Crippen LogP contribution in [0.4, 0.5) is 4.39 Å². The highest BCUT2D eigenvalue weighted by Gasteiger charge is 2.79. The molecule has 0 unspecified atom stereocenters. The molecule has 3 fully saturated rings. The molecule has 3 aromatic carbocycles. The lowest BCUT2D eigenvalue weighted by molar-refractivity contribution is -0.344. The van der Waals surface area contributed by atoms with Gasteiger partial charge in [-0.1, -0.05) is 116 Å². The third-order valence-electron chi connectivity index (χ3n) is 18.1. The minimum absolute atomic E-state index is 0.0322. The summed E-state index contributed by atoms with van der Waals surface area (Å²) in [5, 5.41) is 17.5. The molecule has 18 heteroatoms. The van der Waals surface area contributed by atoms with Gasteiger partial charge in [0.2, 0.25) is 0 Å². The van der Waals surface area contributed by atoms with E-state index in [1.807, 2.05) is 47.6 Å². The molecule has 7 rings (SSSR count). The first-order valence-electron chi connectivity index (χ1n) is 27.3. The van der Waals surface area contributed by atoms with Crippen molar-refractivity contribution in [2.24, 2.45) is 16.7 Å². The molecule has 11 atom stereocenters. The highest BCUT2D eigenvalue weighted by molar-refractivity contribution is 6.74. The van der Waals surface area contributed by atoms with E-state index in [0.29, 0.717) is 47.4 Å². The Morgan fingerprint density at radius 1 is 0.779 bits per heavy atom.